The minimum atomic E-state index is -0.0986. The molecule has 108 valence electrons. The molecule has 0 fully saturated rings. The highest BCUT2D eigenvalue weighted by molar-refractivity contribution is 5.97. The SMILES string of the molecule is Cn1ccc(CNC(=O)c2ccc3c(c2)CCC(=O)N3)c1. The van der Waals surface area contributed by atoms with Crippen molar-refractivity contribution in [3.8, 4) is 0 Å². The smallest absolute Gasteiger partial charge is 0.251 e. The third-order valence-electron chi connectivity index (χ3n) is 3.61. The quantitative estimate of drug-likeness (QED) is 0.903. The summed E-state index contributed by atoms with van der Waals surface area (Å²) in [4.78, 5) is 23.5. The Hall–Kier alpha value is -2.56. The van der Waals surface area contributed by atoms with Gasteiger partial charge in [-0.1, -0.05) is 0 Å². The van der Waals surface area contributed by atoms with E-state index in [9.17, 15) is 9.59 Å². The summed E-state index contributed by atoms with van der Waals surface area (Å²) in [6.45, 7) is 0.507. The van der Waals surface area contributed by atoms with E-state index in [1.807, 2.05) is 36.1 Å². The monoisotopic (exact) mass is 283 g/mol. The molecule has 1 aromatic heterocycles. The standard InChI is InChI=1S/C16H17N3O2/c1-19-7-6-11(10-19)9-17-16(21)13-2-4-14-12(8-13)3-5-15(20)18-14/h2,4,6-8,10H,3,5,9H2,1H3,(H,17,21)(H,18,20). The number of aryl methyl sites for hydroxylation is 2. The van der Waals surface area contributed by atoms with Crippen molar-refractivity contribution in [2.24, 2.45) is 7.05 Å². The van der Waals surface area contributed by atoms with Crippen molar-refractivity contribution in [3.05, 3.63) is 53.3 Å². The molecule has 1 aliphatic rings. The van der Waals surface area contributed by atoms with Crippen molar-refractivity contribution in [1.82, 2.24) is 9.88 Å². The molecule has 5 heteroatoms. The number of carbonyl (C=O) groups is 2. The fourth-order valence-electron chi connectivity index (χ4n) is 2.47. The van der Waals surface area contributed by atoms with Gasteiger partial charge in [-0.25, -0.2) is 0 Å². The lowest BCUT2D eigenvalue weighted by Gasteiger charge is -2.17. The molecule has 21 heavy (non-hydrogen) atoms. The summed E-state index contributed by atoms with van der Waals surface area (Å²) in [5, 5.41) is 5.72. The highest BCUT2D eigenvalue weighted by atomic mass is 16.2. The molecule has 0 bridgehead atoms. The van der Waals surface area contributed by atoms with Gasteiger partial charge < -0.3 is 15.2 Å². The van der Waals surface area contributed by atoms with E-state index in [1.54, 1.807) is 12.1 Å². The normalized spacial score (nSPS) is 13.5. The maximum Gasteiger partial charge on any atom is 0.251 e. The Balaban J connectivity index is 1.69. The Bertz CT molecular complexity index is 703. The van der Waals surface area contributed by atoms with Crippen molar-refractivity contribution >= 4 is 17.5 Å². The van der Waals surface area contributed by atoms with Crippen molar-refractivity contribution < 1.29 is 9.59 Å². The van der Waals surface area contributed by atoms with Gasteiger partial charge in [0.15, 0.2) is 0 Å². The van der Waals surface area contributed by atoms with Crippen LogP contribution >= 0.6 is 0 Å². The number of hydrogen-bond donors (Lipinski definition) is 2. The first kappa shape index (κ1) is 13.4. The molecule has 0 spiro atoms. The first-order valence-electron chi connectivity index (χ1n) is 6.93. The van der Waals surface area contributed by atoms with Crippen LogP contribution in [0.25, 0.3) is 0 Å². The fraction of sp³-hybridized carbons (Fsp3) is 0.250. The number of benzene rings is 1. The molecule has 1 aliphatic heterocycles. The fourth-order valence-corrected chi connectivity index (χ4v) is 2.47. The van der Waals surface area contributed by atoms with Gasteiger partial charge in [0.25, 0.3) is 5.91 Å². The number of nitrogens with zero attached hydrogens (tertiary/aromatic N) is 1. The first-order valence-corrected chi connectivity index (χ1v) is 6.93. The van der Waals surface area contributed by atoms with Crippen LogP contribution < -0.4 is 10.6 Å². The summed E-state index contributed by atoms with van der Waals surface area (Å²) in [7, 11) is 1.95. The van der Waals surface area contributed by atoms with E-state index in [-0.39, 0.29) is 11.8 Å². The second-order valence-electron chi connectivity index (χ2n) is 5.29. The summed E-state index contributed by atoms with van der Waals surface area (Å²) in [5.74, 6) is -0.0673. The highest BCUT2D eigenvalue weighted by Crippen LogP contribution is 2.23. The van der Waals surface area contributed by atoms with Crippen LogP contribution in [0.3, 0.4) is 0 Å². The molecule has 2 amide bonds. The third kappa shape index (κ3) is 2.97. The Kier molecular flexibility index (Phi) is 3.48. The first-order chi connectivity index (χ1) is 10.1. The molecular weight excluding hydrogens is 266 g/mol. The van der Waals surface area contributed by atoms with Gasteiger partial charge in [-0.15, -0.1) is 0 Å². The van der Waals surface area contributed by atoms with Crippen LogP contribution in [0, 0.1) is 0 Å². The van der Waals surface area contributed by atoms with Crippen LogP contribution in [-0.4, -0.2) is 16.4 Å². The summed E-state index contributed by atoms with van der Waals surface area (Å²) in [5.41, 5.74) is 3.52. The van der Waals surface area contributed by atoms with E-state index in [0.29, 0.717) is 24.9 Å². The molecule has 0 unspecified atom stereocenters. The molecule has 1 aromatic carbocycles. The van der Waals surface area contributed by atoms with Gasteiger partial charge in [-0.05, 0) is 41.8 Å². The van der Waals surface area contributed by atoms with E-state index in [0.717, 1.165) is 16.8 Å². The number of rotatable bonds is 3. The van der Waals surface area contributed by atoms with Gasteiger partial charge in [0.1, 0.15) is 0 Å². The molecular formula is C16H17N3O2. The van der Waals surface area contributed by atoms with Gasteiger partial charge in [0, 0.05) is 43.7 Å². The average molecular weight is 283 g/mol. The number of carbonyl (C=O) groups excluding carboxylic acids is 2. The van der Waals surface area contributed by atoms with Gasteiger partial charge in [0.05, 0.1) is 0 Å². The van der Waals surface area contributed by atoms with E-state index in [1.165, 1.54) is 0 Å². The average Bonchev–Trinajstić information content (AvgIpc) is 2.90. The summed E-state index contributed by atoms with van der Waals surface area (Å²) < 4.78 is 1.95. The van der Waals surface area contributed by atoms with Gasteiger partial charge in [0.2, 0.25) is 5.91 Å². The van der Waals surface area contributed by atoms with Crippen molar-refractivity contribution in [3.63, 3.8) is 0 Å². The number of nitrogens with one attached hydrogen (secondary N) is 2. The maximum absolute atomic E-state index is 12.2. The molecule has 0 saturated heterocycles. The van der Waals surface area contributed by atoms with Crippen molar-refractivity contribution in [2.45, 2.75) is 19.4 Å². The van der Waals surface area contributed by atoms with Crippen LogP contribution in [0.1, 0.15) is 27.9 Å². The number of hydrogen-bond acceptors (Lipinski definition) is 2. The molecule has 0 atom stereocenters. The van der Waals surface area contributed by atoms with Crippen LogP contribution in [0.5, 0.6) is 0 Å². The minimum Gasteiger partial charge on any atom is -0.357 e. The number of anilines is 1. The Morgan fingerprint density at radius 3 is 2.95 bits per heavy atom. The molecule has 2 heterocycles. The summed E-state index contributed by atoms with van der Waals surface area (Å²) in [6.07, 6.45) is 5.08. The molecule has 2 N–H and O–H groups in total. The van der Waals surface area contributed by atoms with Crippen molar-refractivity contribution in [2.75, 3.05) is 5.32 Å². The lowest BCUT2D eigenvalue weighted by Crippen LogP contribution is -2.24. The summed E-state index contributed by atoms with van der Waals surface area (Å²) in [6, 6.07) is 7.37. The minimum absolute atomic E-state index is 0.0313. The van der Waals surface area contributed by atoms with Gasteiger partial charge >= 0.3 is 0 Å². The molecule has 2 aromatic rings. The van der Waals surface area contributed by atoms with Gasteiger partial charge in [-0.2, -0.15) is 0 Å². The molecule has 0 radical (unpaired) electrons. The Morgan fingerprint density at radius 2 is 2.19 bits per heavy atom. The number of aromatic nitrogens is 1. The lowest BCUT2D eigenvalue weighted by molar-refractivity contribution is -0.116. The van der Waals surface area contributed by atoms with E-state index >= 15 is 0 Å². The zero-order valence-corrected chi connectivity index (χ0v) is 11.8. The van der Waals surface area contributed by atoms with Crippen LogP contribution in [0.15, 0.2) is 36.7 Å². The second-order valence-corrected chi connectivity index (χ2v) is 5.29. The van der Waals surface area contributed by atoms with E-state index in [2.05, 4.69) is 10.6 Å². The van der Waals surface area contributed by atoms with Gasteiger partial charge in [-0.3, -0.25) is 9.59 Å². The lowest BCUT2D eigenvalue weighted by atomic mass is 10.00. The predicted octanol–water partition coefficient (Wildman–Crippen LogP) is 1.84. The molecule has 0 saturated carbocycles. The van der Waals surface area contributed by atoms with Crippen LogP contribution in [0.2, 0.25) is 0 Å². The zero-order chi connectivity index (χ0) is 14.8. The van der Waals surface area contributed by atoms with Crippen molar-refractivity contribution in [1.29, 1.82) is 0 Å². The number of amides is 2. The van der Waals surface area contributed by atoms with Crippen LogP contribution in [-0.2, 0) is 24.8 Å². The Labute approximate surface area is 123 Å². The second kappa shape index (κ2) is 5.44. The van der Waals surface area contributed by atoms with E-state index < -0.39 is 0 Å². The third-order valence-corrected chi connectivity index (χ3v) is 3.61. The zero-order valence-electron chi connectivity index (χ0n) is 11.8. The number of fused-ring (bicyclic) bond motifs is 1. The highest BCUT2D eigenvalue weighted by Gasteiger charge is 2.16. The largest absolute Gasteiger partial charge is 0.357 e. The summed E-state index contributed by atoms with van der Waals surface area (Å²) >= 11 is 0. The van der Waals surface area contributed by atoms with E-state index in [4.69, 9.17) is 0 Å². The molecule has 0 aliphatic carbocycles. The maximum atomic E-state index is 12.2. The van der Waals surface area contributed by atoms with Crippen LogP contribution in [0.4, 0.5) is 5.69 Å². The molecule has 5 nitrogen and oxygen atoms in total. The topological polar surface area (TPSA) is 63.1 Å². The predicted molar refractivity (Wildman–Crippen MR) is 80.0 cm³/mol. The molecule has 3 rings (SSSR count). The Morgan fingerprint density at radius 1 is 1.33 bits per heavy atom.